The summed E-state index contributed by atoms with van der Waals surface area (Å²) in [4.78, 5) is 18.8. The molecule has 1 heterocycles. The van der Waals surface area contributed by atoms with E-state index in [0.29, 0.717) is 23.2 Å². The molecular weight excluding hydrogens is 415 g/mol. The number of carbonyl (C=O) groups is 1. The molecule has 0 aliphatic carbocycles. The molecule has 2 aromatic carbocycles. The highest BCUT2D eigenvalue weighted by atomic mass is 32.1. The number of nitrogens with zero attached hydrogens (tertiary/aromatic N) is 2. The average Bonchev–Trinajstić information content (AvgIpc) is 3.16. The van der Waals surface area contributed by atoms with Gasteiger partial charge in [-0.2, -0.15) is 13.2 Å². The predicted octanol–water partition coefficient (Wildman–Crippen LogP) is 5.02. The van der Waals surface area contributed by atoms with Crippen LogP contribution in [0.2, 0.25) is 0 Å². The number of aromatic nitrogens is 1. The number of hydrogen-bond acceptors (Lipinski definition) is 5. The maximum Gasteiger partial charge on any atom is 0.416 e. The monoisotopic (exact) mass is 435 g/mol. The fraction of sp³-hybridized carbons (Fsp3) is 0.238. The van der Waals surface area contributed by atoms with Gasteiger partial charge in [0.1, 0.15) is 12.4 Å². The second-order valence-corrected chi connectivity index (χ2v) is 7.57. The first-order valence-corrected chi connectivity index (χ1v) is 9.93. The first-order chi connectivity index (χ1) is 14.2. The normalized spacial score (nSPS) is 11.5. The number of thiazole rings is 1. The fourth-order valence-corrected chi connectivity index (χ4v) is 3.28. The molecule has 1 aromatic heterocycles. The first kappa shape index (κ1) is 21.8. The van der Waals surface area contributed by atoms with E-state index in [0.717, 1.165) is 36.4 Å². The summed E-state index contributed by atoms with van der Waals surface area (Å²) < 4.78 is 43.8. The molecule has 0 spiro atoms. The Kier molecular flexibility index (Phi) is 6.73. The quantitative estimate of drug-likeness (QED) is 0.566. The van der Waals surface area contributed by atoms with E-state index in [2.05, 4.69) is 10.3 Å². The maximum atomic E-state index is 12.7. The Morgan fingerprint density at radius 2 is 1.83 bits per heavy atom. The zero-order valence-electron chi connectivity index (χ0n) is 16.4. The van der Waals surface area contributed by atoms with Crippen LogP contribution in [0.15, 0.2) is 53.9 Å². The van der Waals surface area contributed by atoms with Gasteiger partial charge in [-0.15, -0.1) is 11.3 Å². The van der Waals surface area contributed by atoms with Gasteiger partial charge in [-0.3, -0.25) is 10.1 Å². The van der Waals surface area contributed by atoms with Crippen molar-refractivity contribution in [2.24, 2.45) is 0 Å². The number of amides is 1. The molecular formula is C21H20F3N3O2S. The van der Waals surface area contributed by atoms with E-state index >= 15 is 0 Å². The van der Waals surface area contributed by atoms with E-state index in [1.807, 2.05) is 43.3 Å². The molecule has 0 atom stereocenters. The number of anilines is 1. The maximum absolute atomic E-state index is 12.7. The molecule has 0 aliphatic heterocycles. The largest absolute Gasteiger partial charge is 0.492 e. The molecule has 5 nitrogen and oxygen atoms in total. The van der Waals surface area contributed by atoms with Gasteiger partial charge in [0.05, 0.1) is 11.3 Å². The number of para-hydroxylation sites is 1. The lowest BCUT2D eigenvalue weighted by atomic mass is 10.1. The van der Waals surface area contributed by atoms with Crippen LogP contribution in [0, 0.1) is 0 Å². The van der Waals surface area contributed by atoms with Crippen molar-refractivity contribution in [2.45, 2.75) is 6.18 Å². The van der Waals surface area contributed by atoms with Gasteiger partial charge < -0.3 is 9.64 Å². The van der Waals surface area contributed by atoms with Crippen LogP contribution in [0.5, 0.6) is 5.75 Å². The summed E-state index contributed by atoms with van der Waals surface area (Å²) >= 11 is 1.23. The van der Waals surface area contributed by atoms with Crippen molar-refractivity contribution >= 4 is 22.4 Å². The number of hydrogen-bond donors (Lipinski definition) is 1. The molecule has 30 heavy (non-hydrogen) atoms. The van der Waals surface area contributed by atoms with Crippen LogP contribution in [0.4, 0.5) is 18.3 Å². The second kappa shape index (κ2) is 9.27. The van der Waals surface area contributed by atoms with E-state index in [9.17, 15) is 18.0 Å². The smallest absolute Gasteiger partial charge is 0.416 e. The first-order valence-electron chi connectivity index (χ1n) is 9.05. The van der Waals surface area contributed by atoms with E-state index < -0.39 is 17.6 Å². The molecule has 0 aliphatic rings. The van der Waals surface area contributed by atoms with Gasteiger partial charge in [-0.05, 0) is 50.5 Å². The van der Waals surface area contributed by atoms with Crippen molar-refractivity contribution in [3.63, 3.8) is 0 Å². The van der Waals surface area contributed by atoms with Crippen molar-refractivity contribution in [3.8, 4) is 17.0 Å². The lowest BCUT2D eigenvalue weighted by molar-refractivity contribution is -0.137. The Morgan fingerprint density at radius 1 is 1.13 bits per heavy atom. The van der Waals surface area contributed by atoms with Gasteiger partial charge in [0, 0.05) is 23.1 Å². The van der Waals surface area contributed by atoms with E-state index in [-0.39, 0.29) is 5.56 Å². The molecule has 3 aromatic rings. The summed E-state index contributed by atoms with van der Waals surface area (Å²) in [5.74, 6) is 0.158. The van der Waals surface area contributed by atoms with Crippen molar-refractivity contribution in [3.05, 3.63) is 65.0 Å². The number of ether oxygens (including phenoxy) is 1. The number of alkyl halides is 3. The molecule has 0 fully saturated rings. The van der Waals surface area contributed by atoms with Crippen molar-refractivity contribution in [2.75, 3.05) is 32.6 Å². The lowest BCUT2D eigenvalue weighted by Gasteiger charge is -2.13. The van der Waals surface area contributed by atoms with Crippen LogP contribution < -0.4 is 10.1 Å². The van der Waals surface area contributed by atoms with Crippen LogP contribution in [0.25, 0.3) is 11.3 Å². The Morgan fingerprint density at radius 3 is 2.50 bits per heavy atom. The molecule has 1 amide bonds. The minimum Gasteiger partial charge on any atom is -0.492 e. The van der Waals surface area contributed by atoms with Crippen molar-refractivity contribution in [1.29, 1.82) is 0 Å². The molecule has 0 saturated heterocycles. The van der Waals surface area contributed by atoms with Crippen LogP contribution in [0.3, 0.4) is 0 Å². The van der Waals surface area contributed by atoms with Gasteiger partial charge >= 0.3 is 6.18 Å². The molecule has 158 valence electrons. The highest BCUT2D eigenvalue weighted by Crippen LogP contribution is 2.32. The Hall–Kier alpha value is -2.91. The van der Waals surface area contributed by atoms with E-state index in [4.69, 9.17) is 4.74 Å². The topological polar surface area (TPSA) is 54.5 Å². The van der Waals surface area contributed by atoms with Crippen molar-refractivity contribution < 1.29 is 22.7 Å². The number of benzene rings is 2. The lowest BCUT2D eigenvalue weighted by Crippen LogP contribution is -2.19. The third-order valence-electron chi connectivity index (χ3n) is 4.16. The fourth-order valence-electron chi connectivity index (χ4n) is 2.58. The van der Waals surface area contributed by atoms with Crippen molar-refractivity contribution in [1.82, 2.24) is 9.88 Å². The van der Waals surface area contributed by atoms with E-state index in [1.165, 1.54) is 11.3 Å². The van der Waals surface area contributed by atoms with Gasteiger partial charge in [-0.25, -0.2) is 4.98 Å². The SMILES string of the molecule is CN(C)CCOc1ccccc1-c1csc(NC(=O)c2ccc(C(F)(F)F)cc2)n1. The Bertz CT molecular complexity index is 1000. The number of halogens is 3. The molecule has 0 radical (unpaired) electrons. The number of rotatable bonds is 7. The highest BCUT2D eigenvalue weighted by Gasteiger charge is 2.30. The van der Waals surface area contributed by atoms with Crippen LogP contribution in [-0.2, 0) is 6.18 Å². The summed E-state index contributed by atoms with van der Waals surface area (Å²) in [6.07, 6.45) is -4.44. The van der Waals surface area contributed by atoms with Gasteiger partial charge in [-0.1, -0.05) is 12.1 Å². The second-order valence-electron chi connectivity index (χ2n) is 6.72. The summed E-state index contributed by atoms with van der Waals surface area (Å²) in [5.41, 5.74) is 0.749. The predicted molar refractivity (Wildman–Crippen MR) is 111 cm³/mol. The molecule has 0 bridgehead atoms. The molecule has 3 rings (SSSR count). The third kappa shape index (κ3) is 5.58. The Balaban J connectivity index is 1.70. The van der Waals surface area contributed by atoms with Gasteiger partial charge in [0.2, 0.25) is 0 Å². The summed E-state index contributed by atoms with van der Waals surface area (Å²) in [6, 6.07) is 11.5. The van der Waals surface area contributed by atoms with Gasteiger partial charge in [0.15, 0.2) is 5.13 Å². The molecule has 1 N–H and O–H groups in total. The molecule has 0 unspecified atom stereocenters. The third-order valence-corrected chi connectivity index (χ3v) is 4.92. The number of nitrogens with one attached hydrogen (secondary N) is 1. The average molecular weight is 435 g/mol. The van der Waals surface area contributed by atoms with Crippen LogP contribution >= 0.6 is 11.3 Å². The molecule has 9 heteroatoms. The zero-order chi connectivity index (χ0) is 21.7. The minimum absolute atomic E-state index is 0.118. The number of carbonyl (C=O) groups excluding carboxylic acids is 1. The van der Waals surface area contributed by atoms with Crippen LogP contribution in [0.1, 0.15) is 15.9 Å². The summed E-state index contributed by atoms with van der Waals surface area (Å²) in [6.45, 7) is 1.28. The molecule has 0 saturated carbocycles. The van der Waals surface area contributed by atoms with Crippen LogP contribution in [-0.4, -0.2) is 43.0 Å². The zero-order valence-corrected chi connectivity index (χ0v) is 17.2. The van der Waals surface area contributed by atoms with E-state index in [1.54, 1.807) is 5.38 Å². The van der Waals surface area contributed by atoms with Gasteiger partial charge in [0.25, 0.3) is 5.91 Å². The standard InChI is InChI=1S/C21H20F3N3O2S/c1-27(2)11-12-29-18-6-4-3-5-16(18)17-13-30-20(25-17)26-19(28)14-7-9-15(10-8-14)21(22,23)24/h3-10,13H,11-12H2,1-2H3,(H,25,26,28). The Labute approximate surface area is 176 Å². The number of likely N-dealkylation sites (N-methyl/N-ethyl adjacent to an activating group) is 1. The highest BCUT2D eigenvalue weighted by molar-refractivity contribution is 7.14. The summed E-state index contributed by atoms with van der Waals surface area (Å²) in [7, 11) is 3.92. The summed E-state index contributed by atoms with van der Waals surface area (Å²) in [5, 5.41) is 4.76. The minimum atomic E-state index is -4.44.